The van der Waals surface area contributed by atoms with E-state index in [1.807, 2.05) is 0 Å². The monoisotopic (exact) mass is 363 g/mol. The standard InChI is InChI=1S/C17H18ClN3O4/c1-4-19-16(23)11(3)25-17(24)15-14(22)9-10(2)21(20-15)13-7-5-12(18)6-8-13/h5-9,11H,4H2,1-3H3,(H,19,23)/t11-/m0/s1. The largest absolute Gasteiger partial charge is 0.448 e. The third kappa shape index (κ3) is 4.45. The number of rotatable bonds is 5. The quantitative estimate of drug-likeness (QED) is 0.819. The Balaban J connectivity index is 2.33. The summed E-state index contributed by atoms with van der Waals surface area (Å²) in [5.74, 6) is -1.40. The van der Waals surface area contributed by atoms with Crippen LogP contribution in [0.25, 0.3) is 5.69 Å². The van der Waals surface area contributed by atoms with Gasteiger partial charge in [-0.2, -0.15) is 5.10 Å². The highest BCUT2D eigenvalue weighted by Gasteiger charge is 2.22. The van der Waals surface area contributed by atoms with E-state index in [0.29, 0.717) is 22.9 Å². The summed E-state index contributed by atoms with van der Waals surface area (Å²) in [5.41, 5.74) is 0.209. The number of esters is 1. The molecular weight excluding hydrogens is 346 g/mol. The number of aryl methyl sites for hydroxylation is 1. The molecule has 1 aromatic heterocycles. The Morgan fingerprint density at radius 1 is 1.32 bits per heavy atom. The fourth-order valence-corrected chi connectivity index (χ4v) is 2.25. The van der Waals surface area contributed by atoms with E-state index in [-0.39, 0.29) is 0 Å². The molecule has 1 aromatic carbocycles. The Hall–Kier alpha value is -2.67. The van der Waals surface area contributed by atoms with Crippen LogP contribution in [0.15, 0.2) is 35.1 Å². The van der Waals surface area contributed by atoms with Crippen LogP contribution in [0.3, 0.4) is 0 Å². The lowest BCUT2D eigenvalue weighted by molar-refractivity contribution is -0.128. The van der Waals surface area contributed by atoms with Gasteiger partial charge in [0.25, 0.3) is 5.91 Å². The molecule has 1 amide bonds. The van der Waals surface area contributed by atoms with Gasteiger partial charge in [0, 0.05) is 23.3 Å². The van der Waals surface area contributed by atoms with Gasteiger partial charge >= 0.3 is 5.97 Å². The molecule has 0 saturated heterocycles. The van der Waals surface area contributed by atoms with Crippen molar-refractivity contribution in [2.75, 3.05) is 6.54 Å². The van der Waals surface area contributed by atoms with E-state index in [9.17, 15) is 14.4 Å². The Kier molecular flexibility index (Phi) is 5.93. The number of ether oxygens (including phenoxy) is 1. The topological polar surface area (TPSA) is 90.3 Å². The van der Waals surface area contributed by atoms with Gasteiger partial charge < -0.3 is 10.1 Å². The van der Waals surface area contributed by atoms with Crippen LogP contribution in [-0.4, -0.2) is 34.3 Å². The summed E-state index contributed by atoms with van der Waals surface area (Å²) >= 11 is 5.87. The normalized spacial score (nSPS) is 11.7. The number of hydrogen-bond donors (Lipinski definition) is 1. The van der Waals surface area contributed by atoms with E-state index in [1.165, 1.54) is 17.7 Å². The van der Waals surface area contributed by atoms with E-state index < -0.39 is 29.1 Å². The summed E-state index contributed by atoms with van der Waals surface area (Å²) in [6, 6.07) is 8.05. The van der Waals surface area contributed by atoms with E-state index in [0.717, 1.165) is 0 Å². The first kappa shape index (κ1) is 18.7. The molecule has 0 saturated carbocycles. The van der Waals surface area contributed by atoms with Crippen LogP contribution >= 0.6 is 11.6 Å². The fourth-order valence-electron chi connectivity index (χ4n) is 2.12. The van der Waals surface area contributed by atoms with Gasteiger partial charge in [-0.05, 0) is 45.0 Å². The maximum absolute atomic E-state index is 12.2. The minimum Gasteiger partial charge on any atom is -0.448 e. The predicted octanol–water partition coefficient (Wildman–Crippen LogP) is 1.88. The summed E-state index contributed by atoms with van der Waals surface area (Å²) in [4.78, 5) is 36.0. The van der Waals surface area contributed by atoms with Crippen molar-refractivity contribution in [1.82, 2.24) is 15.1 Å². The van der Waals surface area contributed by atoms with Crippen molar-refractivity contribution in [3.05, 3.63) is 57.0 Å². The van der Waals surface area contributed by atoms with Gasteiger partial charge in [0.2, 0.25) is 11.1 Å². The maximum Gasteiger partial charge on any atom is 0.363 e. The zero-order valence-electron chi connectivity index (χ0n) is 14.1. The lowest BCUT2D eigenvalue weighted by Crippen LogP contribution is -2.37. The summed E-state index contributed by atoms with van der Waals surface area (Å²) in [6.07, 6.45) is -1.03. The van der Waals surface area contributed by atoms with Crippen molar-refractivity contribution in [1.29, 1.82) is 0 Å². The molecule has 0 aliphatic rings. The fraction of sp³-hybridized carbons (Fsp3) is 0.294. The summed E-state index contributed by atoms with van der Waals surface area (Å²) in [5, 5.41) is 7.17. The van der Waals surface area contributed by atoms with Crippen molar-refractivity contribution in [3.8, 4) is 5.69 Å². The van der Waals surface area contributed by atoms with Crippen molar-refractivity contribution < 1.29 is 14.3 Å². The number of carbonyl (C=O) groups excluding carboxylic acids is 2. The van der Waals surface area contributed by atoms with Crippen molar-refractivity contribution in [2.24, 2.45) is 0 Å². The molecule has 7 nitrogen and oxygen atoms in total. The molecule has 8 heteroatoms. The average Bonchev–Trinajstić information content (AvgIpc) is 2.56. The van der Waals surface area contributed by atoms with Crippen LogP contribution in [0.2, 0.25) is 5.02 Å². The molecule has 0 aliphatic heterocycles. The van der Waals surface area contributed by atoms with Crippen molar-refractivity contribution in [2.45, 2.75) is 26.9 Å². The van der Waals surface area contributed by atoms with Gasteiger partial charge in [-0.15, -0.1) is 0 Å². The lowest BCUT2D eigenvalue weighted by Gasteiger charge is -2.14. The molecule has 1 atom stereocenters. The Morgan fingerprint density at radius 3 is 2.56 bits per heavy atom. The van der Waals surface area contributed by atoms with Crippen molar-refractivity contribution in [3.63, 3.8) is 0 Å². The number of benzene rings is 1. The van der Waals surface area contributed by atoms with Crippen LogP contribution in [0, 0.1) is 6.92 Å². The first-order valence-electron chi connectivity index (χ1n) is 7.69. The van der Waals surface area contributed by atoms with Gasteiger partial charge in [0.1, 0.15) is 0 Å². The number of nitrogens with zero attached hydrogens (tertiary/aromatic N) is 2. The number of amides is 1. The molecule has 132 valence electrons. The van der Waals surface area contributed by atoms with Gasteiger partial charge in [-0.1, -0.05) is 11.6 Å². The van der Waals surface area contributed by atoms with E-state index in [1.54, 1.807) is 38.1 Å². The van der Waals surface area contributed by atoms with Crippen molar-refractivity contribution >= 4 is 23.5 Å². The molecule has 2 aromatic rings. The van der Waals surface area contributed by atoms with Gasteiger partial charge in [-0.3, -0.25) is 9.59 Å². The Labute approximate surface area is 149 Å². The van der Waals surface area contributed by atoms with Crippen LogP contribution in [0.5, 0.6) is 0 Å². The number of halogens is 1. The molecule has 0 spiro atoms. The van der Waals surface area contributed by atoms with E-state index in [2.05, 4.69) is 10.4 Å². The molecule has 0 fully saturated rings. The molecular formula is C17H18ClN3O4. The third-order valence-corrected chi connectivity index (χ3v) is 3.63. The highest BCUT2D eigenvalue weighted by Crippen LogP contribution is 2.14. The number of carbonyl (C=O) groups is 2. The highest BCUT2D eigenvalue weighted by atomic mass is 35.5. The highest BCUT2D eigenvalue weighted by molar-refractivity contribution is 6.30. The molecule has 1 heterocycles. The van der Waals surface area contributed by atoms with Gasteiger partial charge in [0.05, 0.1) is 5.69 Å². The number of nitrogens with one attached hydrogen (secondary N) is 1. The maximum atomic E-state index is 12.2. The molecule has 0 bridgehead atoms. The summed E-state index contributed by atoms with van der Waals surface area (Å²) < 4.78 is 6.47. The van der Waals surface area contributed by atoms with Crippen LogP contribution < -0.4 is 10.7 Å². The van der Waals surface area contributed by atoms with Crippen LogP contribution in [0.4, 0.5) is 0 Å². The smallest absolute Gasteiger partial charge is 0.363 e. The third-order valence-electron chi connectivity index (χ3n) is 3.38. The summed E-state index contributed by atoms with van der Waals surface area (Å²) in [7, 11) is 0. The Bertz CT molecular complexity index is 846. The first-order valence-corrected chi connectivity index (χ1v) is 8.07. The Morgan fingerprint density at radius 2 is 1.96 bits per heavy atom. The second-order valence-corrected chi connectivity index (χ2v) is 5.77. The number of hydrogen-bond acceptors (Lipinski definition) is 5. The van der Waals surface area contributed by atoms with E-state index >= 15 is 0 Å². The minimum atomic E-state index is -1.03. The molecule has 2 rings (SSSR count). The van der Waals surface area contributed by atoms with Crippen LogP contribution in [-0.2, 0) is 9.53 Å². The molecule has 0 unspecified atom stereocenters. The van der Waals surface area contributed by atoms with Gasteiger partial charge in [-0.25, -0.2) is 9.48 Å². The molecule has 0 radical (unpaired) electrons. The minimum absolute atomic E-state index is 0.392. The van der Waals surface area contributed by atoms with Crippen LogP contribution in [0.1, 0.15) is 30.0 Å². The molecule has 25 heavy (non-hydrogen) atoms. The van der Waals surface area contributed by atoms with E-state index in [4.69, 9.17) is 16.3 Å². The zero-order valence-corrected chi connectivity index (χ0v) is 14.8. The summed E-state index contributed by atoms with van der Waals surface area (Å²) in [6.45, 7) is 5.27. The average molecular weight is 364 g/mol. The molecule has 1 N–H and O–H groups in total. The number of aromatic nitrogens is 2. The zero-order chi connectivity index (χ0) is 18.6. The second kappa shape index (κ2) is 7.94. The van der Waals surface area contributed by atoms with Gasteiger partial charge in [0.15, 0.2) is 6.10 Å². The lowest BCUT2D eigenvalue weighted by atomic mass is 10.3. The SMILES string of the molecule is CCNC(=O)[C@H](C)OC(=O)c1nn(-c2ccc(Cl)cc2)c(C)cc1=O. The predicted molar refractivity (Wildman–Crippen MR) is 93.1 cm³/mol. The first-order chi connectivity index (χ1) is 11.8. The number of likely N-dealkylation sites (N-methyl/N-ethyl adjacent to an activating group) is 1. The molecule has 0 aliphatic carbocycles. The second-order valence-electron chi connectivity index (χ2n) is 5.33.